The molecule has 1 heterocycles. The molecule has 0 unspecified atom stereocenters. The van der Waals surface area contributed by atoms with Crippen LogP contribution in [0.1, 0.15) is 25.7 Å². The van der Waals surface area contributed by atoms with Crippen LogP contribution in [0, 0.1) is 5.92 Å². The van der Waals surface area contributed by atoms with Gasteiger partial charge in [0, 0.05) is 25.4 Å². The van der Waals surface area contributed by atoms with E-state index in [-0.39, 0.29) is 19.0 Å². The summed E-state index contributed by atoms with van der Waals surface area (Å²) < 4.78 is 60.8. The predicted molar refractivity (Wildman–Crippen MR) is 70.2 cm³/mol. The molecule has 2 N–H and O–H groups in total. The first-order chi connectivity index (χ1) is 8.62. The molecular weight excluding hydrogens is 301 g/mol. The highest BCUT2D eigenvalue weighted by molar-refractivity contribution is 7.89. The lowest BCUT2D eigenvalue weighted by Crippen LogP contribution is -2.42. The molecule has 1 rings (SSSR count). The molecule has 1 fully saturated rings. The smallest absolute Gasteiger partial charge is 0.389 e. The third-order valence-electron chi connectivity index (χ3n) is 3.11. The highest BCUT2D eigenvalue weighted by Crippen LogP contribution is 2.24. The number of alkyl halides is 3. The van der Waals surface area contributed by atoms with Crippen molar-refractivity contribution < 1.29 is 21.6 Å². The van der Waals surface area contributed by atoms with E-state index < -0.39 is 34.8 Å². The number of piperidine rings is 1. The lowest BCUT2D eigenvalue weighted by Gasteiger charge is -2.30. The Morgan fingerprint density at radius 2 is 1.84 bits per heavy atom. The molecule has 1 aliphatic rings. The summed E-state index contributed by atoms with van der Waals surface area (Å²) in [6, 6.07) is 0. The highest BCUT2D eigenvalue weighted by Gasteiger charge is 2.31. The Bertz CT molecular complexity index is 415. The van der Waals surface area contributed by atoms with Crippen LogP contribution in [0.3, 0.4) is 0 Å². The number of hydrogen-bond acceptors (Lipinski definition) is 3. The van der Waals surface area contributed by atoms with Crippen molar-refractivity contribution in [3.63, 3.8) is 0 Å². The molecule has 112 valence electrons. The van der Waals surface area contributed by atoms with Crippen molar-refractivity contribution in [2.24, 2.45) is 11.7 Å². The second-order valence-electron chi connectivity index (χ2n) is 4.61. The van der Waals surface area contributed by atoms with Crippen LogP contribution in [0.5, 0.6) is 0 Å². The Labute approximate surface area is 116 Å². The van der Waals surface area contributed by atoms with Crippen LogP contribution >= 0.6 is 12.2 Å². The van der Waals surface area contributed by atoms with Crippen molar-refractivity contribution in [3.05, 3.63) is 0 Å². The van der Waals surface area contributed by atoms with E-state index in [1.54, 1.807) is 0 Å². The molecule has 0 spiro atoms. The van der Waals surface area contributed by atoms with E-state index in [2.05, 4.69) is 0 Å². The van der Waals surface area contributed by atoms with E-state index in [1.807, 2.05) is 0 Å². The molecule has 1 saturated heterocycles. The third-order valence-corrected chi connectivity index (χ3v) is 5.40. The van der Waals surface area contributed by atoms with Gasteiger partial charge in [0.25, 0.3) is 0 Å². The number of sulfonamides is 1. The van der Waals surface area contributed by atoms with E-state index >= 15 is 0 Å². The molecule has 0 aliphatic carbocycles. The zero-order valence-corrected chi connectivity index (χ0v) is 12.0. The predicted octanol–water partition coefficient (Wildman–Crippen LogP) is 1.66. The van der Waals surface area contributed by atoms with Crippen LogP contribution in [0.4, 0.5) is 13.2 Å². The topological polar surface area (TPSA) is 63.4 Å². The average Bonchev–Trinajstić information content (AvgIpc) is 2.27. The summed E-state index contributed by atoms with van der Waals surface area (Å²) >= 11 is 4.84. The molecule has 0 aromatic carbocycles. The van der Waals surface area contributed by atoms with Gasteiger partial charge in [-0.1, -0.05) is 12.2 Å². The summed E-state index contributed by atoms with van der Waals surface area (Å²) in [5, 5.41) is 0. The largest absolute Gasteiger partial charge is 0.393 e. The zero-order valence-electron chi connectivity index (χ0n) is 10.3. The van der Waals surface area contributed by atoms with Gasteiger partial charge in [-0.3, -0.25) is 0 Å². The van der Waals surface area contributed by atoms with Gasteiger partial charge in [-0.25, -0.2) is 12.7 Å². The van der Waals surface area contributed by atoms with Gasteiger partial charge < -0.3 is 5.73 Å². The van der Waals surface area contributed by atoms with Crippen LogP contribution in [-0.4, -0.2) is 42.7 Å². The van der Waals surface area contributed by atoms with Crippen molar-refractivity contribution in [2.75, 3.05) is 18.8 Å². The highest BCUT2D eigenvalue weighted by atomic mass is 32.2. The molecule has 9 heteroatoms. The first kappa shape index (κ1) is 16.6. The quantitative estimate of drug-likeness (QED) is 0.783. The van der Waals surface area contributed by atoms with Gasteiger partial charge in [-0.05, 0) is 19.3 Å². The summed E-state index contributed by atoms with van der Waals surface area (Å²) in [6.07, 6.45) is -4.72. The van der Waals surface area contributed by atoms with Crippen LogP contribution in [0.15, 0.2) is 0 Å². The molecule has 4 nitrogen and oxygen atoms in total. The molecule has 1 aliphatic heterocycles. The number of thiocarbonyl (C=S) groups is 1. The van der Waals surface area contributed by atoms with E-state index in [0.717, 1.165) is 0 Å². The number of rotatable bonds is 5. The van der Waals surface area contributed by atoms with Crippen molar-refractivity contribution in [1.29, 1.82) is 0 Å². The summed E-state index contributed by atoms with van der Waals surface area (Å²) in [6.45, 7) is 0.548. The fourth-order valence-electron chi connectivity index (χ4n) is 2.00. The molecule has 0 radical (unpaired) electrons. The van der Waals surface area contributed by atoms with Gasteiger partial charge in [0.05, 0.1) is 10.7 Å². The monoisotopic (exact) mass is 318 g/mol. The maximum absolute atomic E-state index is 12.0. The molecule has 19 heavy (non-hydrogen) atoms. The lowest BCUT2D eigenvalue weighted by molar-refractivity contribution is -0.134. The van der Waals surface area contributed by atoms with E-state index in [0.29, 0.717) is 17.8 Å². The number of halogens is 3. The van der Waals surface area contributed by atoms with Gasteiger partial charge in [-0.2, -0.15) is 13.2 Å². The third kappa shape index (κ3) is 5.62. The normalized spacial score (nSPS) is 19.5. The van der Waals surface area contributed by atoms with Crippen LogP contribution in [0.25, 0.3) is 0 Å². The molecule has 0 bridgehead atoms. The first-order valence-electron chi connectivity index (χ1n) is 5.96. The summed E-state index contributed by atoms with van der Waals surface area (Å²) in [7, 11) is -3.61. The molecule has 0 amide bonds. The maximum atomic E-state index is 12.0. The SMILES string of the molecule is NC(=S)C1CCN(S(=O)(=O)CCCC(F)(F)F)CC1. The Kier molecular flexibility index (Phi) is 5.57. The Hall–Kier alpha value is -0.410. The summed E-state index contributed by atoms with van der Waals surface area (Å²) in [4.78, 5) is 0.370. The van der Waals surface area contributed by atoms with E-state index in [4.69, 9.17) is 18.0 Å². The molecular formula is C10H17F3N2O2S2. The second-order valence-corrected chi connectivity index (χ2v) is 7.17. The van der Waals surface area contributed by atoms with Gasteiger partial charge in [0.15, 0.2) is 0 Å². The molecule has 0 atom stereocenters. The van der Waals surface area contributed by atoms with Gasteiger partial charge >= 0.3 is 6.18 Å². The minimum atomic E-state index is -4.31. The summed E-state index contributed by atoms with van der Waals surface area (Å²) in [5.74, 6) is -0.443. The first-order valence-corrected chi connectivity index (χ1v) is 7.97. The van der Waals surface area contributed by atoms with Crippen molar-refractivity contribution >= 4 is 27.2 Å². The van der Waals surface area contributed by atoms with Crippen molar-refractivity contribution in [2.45, 2.75) is 31.9 Å². The van der Waals surface area contributed by atoms with Gasteiger partial charge in [0.1, 0.15) is 0 Å². The van der Waals surface area contributed by atoms with Crippen molar-refractivity contribution in [3.8, 4) is 0 Å². The standard InChI is InChI=1S/C10H17F3N2O2S2/c11-10(12,13)4-1-7-19(16,17)15-5-2-8(3-6-15)9(14)18/h8H,1-7H2,(H2,14,18). The second kappa shape index (κ2) is 6.36. The maximum Gasteiger partial charge on any atom is 0.389 e. The summed E-state index contributed by atoms with van der Waals surface area (Å²) in [5.41, 5.74) is 5.49. The minimum absolute atomic E-state index is 0.0247. The molecule has 0 saturated carbocycles. The van der Waals surface area contributed by atoms with Gasteiger partial charge in [-0.15, -0.1) is 0 Å². The Morgan fingerprint density at radius 1 is 1.32 bits per heavy atom. The zero-order chi connectivity index (χ0) is 14.7. The van der Waals surface area contributed by atoms with Crippen LogP contribution < -0.4 is 5.73 Å². The van der Waals surface area contributed by atoms with E-state index in [1.165, 1.54) is 4.31 Å². The minimum Gasteiger partial charge on any atom is -0.393 e. The number of nitrogens with zero attached hydrogens (tertiary/aromatic N) is 1. The Balaban J connectivity index is 2.45. The van der Waals surface area contributed by atoms with Gasteiger partial charge in [0.2, 0.25) is 10.0 Å². The molecule has 0 aromatic rings. The number of nitrogens with two attached hydrogens (primary N) is 1. The Morgan fingerprint density at radius 3 is 2.26 bits per heavy atom. The van der Waals surface area contributed by atoms with Crippen molar-refractivity contribution in [1.82, 2.24) is 4.31 Å². The molecule has 0 aromatic heterocycles. The fraction of sp³-hybridized carbons (Fsp3) is 0.900. The fourth-order valence-corrected chi connectivity index (χ4v) is 3.77. The lowest BCUT2D eigenvalue weighted by atomic mass is 9.98. The van der Waals surface area contributed by atoms with Crippen LogP contribution in [-0.2, 0) is 10.0 Å². The van der Waals surface area contributed by atoms with Crippen LogP contribution in [0.2, 0.25) is 0 Å². The number of hydrogen-bond donors (Lipinski definition) is 1. The van der Waals surface area contributed by atoms with E-state index in [9.17, 15) is 21.6 Å². The average molecular weight is 318 g/mol.